The molecule has 0 spiro atoms. The molecule has 1 saturated heterocycles. The molecule has 1 aliphatic rings. The van der Waals surface area contributed by atoms with Crippen LogP contribution in [0.1, 0.15) is 25.7 Å². The van der Waals surface area contributed by atoms with Gasteiger partial charge in [-0.1, -0.05) is 0 Å². The Hall–Kier alpha value is -1.95. The first-order valence-corrected chi connectivity index (χ1v) is 13.8. The number of nitrogens with zero attached hydrogens (tertiary/aromatic N) is 1. The zero-order valence-corrected chi connectivity index (χ0v) is 24.7. The van der Waals surface area contributed by atoms with E-state index in [1.54, 1.807) is 0 Å². The summed E-state index contributed by atoms with van der Waals surface area (Å²) < 4.78 is 359. The normalized spacial score (nSPS) is 18.4. The number of hydrogen-bond acceptors (Lipinski definition) is 3. The quantitative estimate of drug-likeness (QED) is 0.106. The van der Waals surface area contributed by atoms with Crippen molar-refractivity contribution in [3.05, 3.63) is 0 Å². The van der Waals surface area contributed by atoms with Crippen LogP contribution >= 0.6 is 0 Å². The van der Waals surface area contributed by atoms with Gasteiger partial charge in [0.1, 0.15) is 0 Å². The third-order valence-electron chi connectivity index (χ3n) is 7.05. The van der Waals surface area contributed by atoms with E-state index in [4.69, 9.17) is 0 Å². The van der Waals surface area contributed by atoms with E-state index in [0.717, 1.165) is 0 Å². The molecule has 0 N–H and O–H groups in total. The molecule has 1 aliphatic heterocycles. The SMILES string of the molecule is C[N+]1(CCCC(F)(F)C(F)(F)C(F)(F)C(F)(F)C(F)(F)C(F)(F)C(F)(F)C(F)(F)F)CCCC1.O=S(=O)([O-])C(F)(F)C(F)(F)C(F)(F)C(F)(F)F. The number of alkyl halides is 26. The summed E-state index contributed by atoms with van der Waals surface area (Å²) >= 11 is 0. The van der Waals surface area contributed by atoms with E-state index in [1.807, 2.05) is 0 Å². The second-order valence-corrected chi connectivity index (χ2v) is 12.3. The smallest absolute Gasteiger partial charge is 0.460 e. The Kier molecular flexibility index (Phi) is 12.9. The molecule has 1 rings (SSSR count). The molecule has 0 atom stereocenters. The summed E-state index contributed by atoms with van der Waals surface area (Å²) in [6.07, 6.45) is -17.2. The van der Waals surface area contributed by atoms with Crippen molar-refractivity contribution in [3.8, 4) is 0 Å². The molecule has 0 saturated carbocycles. The second-order valence-electron chi connectivity index (χ2n) is 10.9. The lowest BCUT2D eigenvalue weighted by molar-refractivity contribution is -0.898. The van der Waals surface area contributed by atoms with Crippen LogP contribution in [-0.2, 0) is 10.1 Å². The zero-order valence-electron chi connectivity index (χ0n) is 23.9. The minimum absolute atomic E-state index is 0.0228. The molecule has 4 nitrogen and oxygen atoms in total. The molecular weight excluding hydrogens is 828 g/mol. The van der Waals surface area contributed by atoms with E-state index >= 15 is 0 Å². The fourth-order valence-corrected chi connectivity index (χ4v) is 4.32. The van der Waals surface area contributed by atoms with Crippen LogP contribution in [0, 0.1) is 0 Å². The predicted molar refractivity (Wildman–Crippen MR) is 111 cm³/mol. The van der Waals surface area contributed by atoms with Crippen molar-refractivity contribution in [3.63, 3.8) is 0 Å². The summed E-state index contributed by atoms with van der Waals surface area (Å²) in [5.41, 5.74) is 0. The first-order chi connectivity index (χ1) is 21.7. The van der Waals surface area contributed by atoms with Crippen LogP contribution in [0.15, 0.2) is 0 Å². The van der Waals surface area contributed by atoms with Gasteiger partial charge in [-0.05, 0) is 0 Å². The first-order valence-electron chi connectivity index (χ1n) is 12.4. The molecule has 1 heterocycles. The Bertz CT molecular complexity index is 1310. The molecule has 51 heavy (non-hydrogen) atoms. The Morgan fingerprint density at radius 2 is 0.745 bits per heavy atom. The molecular formula is C20H17F26NO3S. The summed E-state index contributed by atoms with van der Waals surface area (Å²) in [7, 11) is -5.98. The van der Waals surface area contributed by atoms with Crippen LogP contribution in [0.4, 0.5) is 114 Å². The number of hydrogen-bond donors (Lipinski definition) is 0. The Balaban J connectivity index is 0.00000124. The lowest BCUT2D eigenvalue weighted by Crippen LogP contribution is -2.74. The van der Waals surface area contributed by atoms with E-state index in [-0.39, 0.29) is 11.0 Å². The lowest BCUT2D eigenvalue weighted by atomic mass is 9.88. The van der Waals surface area contributed by atoms with Gasteiger partial charge in [-0.25, -0.2) is 8.42 Å². The van der Waals surface area contributed by atoms with Crippen molar-refractivity contribution in [2.75, 3.05) is 26.7 Å². The molecule has 0 bridgehead atoms. The summed E-state index contributed by atoms with van der Waals surface area (Å²) in [6.45, 7) is 0.287. The third kappa shape index (κ3) is 7.83. The number of likely N-dealkylation sites (tertiary alicyclic amines) is 1. The van der Waals surface area contributed by atoms with Crippen LogP contribution in [0.2, 0.25) is 0 Å². The fraction of sp³-hybridized carbons (Fsp3) is 1.00. The van der Waals surface area contributed by atoms with Gasteiger partial charge in [0.15, 0.2) is 10.1 Å². The lowest BCUT2D eigenvalue weighted by Gasteiger charge is -2.43. The van der Waals surface area contributed by atoms with Gasteiger partial charge in [0.2, 0.25) is 0 Å². The maximum Gasteiger partial charge on any atom is 0.460 e. The fourth-order valence-electron chi connectivity index (χ4n) is 3.88. The van der Waals surface area contributed by atoms with Crippen molar-refractivity contribution in [1.29, 1.82) is 0 Å². The average Bonchev–Trinajstić information content (AvgIpc) is 3.32. The molecule has 0 aromatic heterocycles. The van der Waals surface area contributed by atoms with Crippen molar-refractivity contribution in [2.45, 2.75) is 96.6 Å². The van der Waals surface area contributed by atoms with Gasteiger partial charge in [0, 0.05) is 25.7 Å². The van der Waals surface area contributed by atoms with Gasteiger partial charge in [-0.15, -0.1) is 0 Å². The van der Waals surface area contributed by atoms with E-state index in [0.29, 0.717) is 25.9 Å². The standard InChI is InChI=1S/C16H17F17N.C4HF9O3S/c1-34(6-2-3-7-34)8-4-5-9(17,18)10(19,20)11(21,22)12(23,24)13(25,26)14(27,28)15(29,30)16(31,32)33;5-1(6,3(9,10)11)2(7,8)4(12,13)17(14,15)16/h2-8H2,1H3;(H,14,15,16)/q+1;/p-1. The topological polar surface area (TPSA) is 57.2 Å². The van der Waals surface area contributed by atoms with Crippen molar-refractivity contribution in [2.24, 2.45) is 0 Å². The Labute approximate surface area is 266 Å². The average molecular weight is 845 g/mol. The summed E-state index contributed by atoms with van der Waals surface area (Å²) in [4.78, 5) is 0. The molecule has 0 radical (unpaired) electrons. The van der Waals surface area contributed by atoms with Crippen LogP contribution in [0.5, 0.6) is 0 Å². The Morgan fingerprint density at radius 3 is 1.04 bits per heavy atom. The number of quaternary nitrogens is 1. The van der Waals surface area contributed by atoms with E-state index < -0.39 is 93.9 Å². The van der Waals surface area contributed by atoms with Crippen molar-refractivity contribution < 1.29 is 132 Å². The van der Waals surface area contributed by atoms with Gasteiger partial charge < -0.3 is 9.04 Å². The highest BCUT2D eigenvalue weighted by molar-refractivity contribution is 7.86. The molecule has 0 aromatic carbocycles. The summed E-state index contributed by atoms with van der Waals surface area (Å²) in [5, 5.41) is -7.11. The largest absolute Gasteiger partial charge is 0.743 e. The van der Waals surface area contributed by atoms with Gasteiger partial charge >= 0.3 is 70.9 Å². The van der Waals surface area contributed by atoms with Gasteiger partial charge in [0.05, 0.1) is 26.7 Å². The third-order valence-corrected chi connectivity index (χ3v) is 7.94. The van der Waals surface area contributed by atoms with Crippen molar-refractivity contribution >= 4 is 10.1 Å². The molecule has 0 amide bonds. The van der Waals surface area contributed by atoms with E-state index in [2.05, 4.69) is 0 Å². The first kappa shape index (κ1) is 49.0. The highest BCUT2D eigenvalue weighted by atomic mass is 32.2. The molecule has 0 aliphatic carbocycles. The minimum Gasteiger partial charge on any atom is -0.743 e. The van der Waals surface area contributed by atoms with E-state index in [1.165, 1.54) is 7.05 Å². The van der Waals surface area contributed by atoms with Gasteiger partial charge in [0.25, 0.3) is 0 Å². The number of rotatable bonds is 13. The monoisotopic (exact) mass is 845 g/mol. The molecule has 0 aromatic rings. The van der Waals surface area contributed by atoms with Crippen molar-refractivity contribution in [1.82, 2.24) is 0 Å². The minimum atomic E-state index is -8.57. The summed E-state index contributed by atoms with van der Waals surface area (Å²) in [5.74, 6) is -70.5. The van der Waals surface area contributed by atoms with Gasteiger partial charge in [-0.3, -0.25) is 0 Å². The maximum absolute atomic E-state index is 13.8. The molecule has 0 unspecified atom stereocenters. The van der Waals surface area contributed by atoms with Gasteiger partial charge in [-0.2, -0.15) is 114 Å². The van der Waals surface area contributed by atoms with E-state index in [9.17, 15) is 127 Å². The van der Waals surface area contributed by atoms with Crippen LogP contribution in [0.3, 0.4) is 0 Å². The Morgan fingerprint density at radius 1 is 0.471 bits per heavy atom. The highest BCUT2D eigenvalue weighted by Crippen LogP contribution is 2.64. The molecule has 1 fully saturated rings. The zero-order chi connectivity index (χ0) is 41.9. The molecule has 31 heteroatoms. The summed E-state index contributed by atoms with van der Waals surface area (Å²) in [6, 6.07) is 0. The second kappa shape index (κ2) is 13.4. The van der Waals surface area contributed by atoms with Crippen LogP contribution < -0.4 is 0 Å². The molecule has 308 valence electrons. The van der Waals surface area contributed by atoms with Crippen LogP contribution in [-0.4, -0.2) is 115 Å². The highest BCUT2D eigenvalue weighted by Gasteiger charge is 2.95. The van der Waals surface area contributed by atoms with Crippen LogP contribution in [0.25, 0.3) is 0 Å². The predicted octanol–water partition coefficient (Wildman–Crippen LogP) is 8.97. The number of halogens is 26. The maximum atomic E-state index is 13.8.